The van der Waals surface area contributed by atoms with E-state index in [2.05, 4.69) is 31.3 Å². The van der Waals surface area contributed by atoms with Crippen molar-refractivity contribution in [2.24, 2.45) is 0 Å². The van der Waals surface area contributed by atoms with Gasteiger partial charge in [0, 0.05) is 16.7 Å². The Morgan fingerprint density at radius 3 is 1.83 bits per heavy atom. The SMILES string of the molecule is CCc1ccc(/C=C2\CC3(C/C(=C\c4ccc(CC)cc4)C(=O)c4ccccc43)C(=O)NC2=O)cc1. The lowest BCUT2D eigenvalue weighted by Crippen LogP contribution is -2.54. The van der Waals surface area contributed by atoms with Gasteiger partial charge in [0.1, 0.15) is 0 Å². The van der Waals surface area contributed by atoms with E-state index < -0.39 is 5.41 Å². The van der Waals surface area contributed by atoms with Crippen molar-refractivity contribution >= 4 is 29.7 Å². The van der Waals surface area contributed by atoms with Gasteiger partial charge in [0.05, 0.1) is 5.41 Å². The number of hydrogen-bond acceptors (Lipinski definition) is 3. The van der Waals surface area contributed by atoms with E-state index >= 15 is 0 Å². The second-order valence-corrected chi connectivity index (χ2v) is 9.62. The van der Waals surface area contributed by atoms with Gasteiger partial charge in [-0.25, -0.2) is 0 Å². The number of hydrogen-bond donors (Lipinski definition) is 1. The highest BCUT2D eigenvalue weighted by Gasteiger charge is 2.51. The number of fused-ring (bicyclic) bond motifs is 2. The molecule has 4 heteroatoms. The van der Waals surface area contributed by atoms with Crippen molar-refractivity contribution in [3.8, 4) is 0 Å². The van der Waals surface area contributed by atoms with E-state index in [4.69, 9.17) is 0 Å². The number of aryl methyl sites for hydroxylation is 2. The lowest BCUT2D eigenvalue weighted by Gasteiger charge is -2.41. The molecule has 0 saturated carbocycles. The van der Waals surface area contributed by atoms with E-state index in [1.165, 1.54) is 11.1 Å². The first kappa shape index (κ1) is 23.7. The Balaban J connectivity index is 1.59. The molecular formula is C32H29NO3. The largest absolute Gasteiger partial charge is 0.292 e. The number of ketones is 1. The lowest BCUT2D eigenvalue weighted by molar-refractivity contribution is -0.135. The Morgan fingerprint density at radius 1 is 0.722 bits per heavy atom. The van der Waals surface area contributed by atoms with Gasteiger partial charge in [0.2, 0.25) is 5.91 Å². The summed E-state index contributed by atoms with van der Waals surface area (Å²) in [4.78, 5) is 39.9. The van der Waals surface area contributed by atoms with Crippen LogP contribution in [0.15, 0.2) is 83.9 Å². The highest BCUT2D eigenvalue weighted by Crippen LogP contribution is 2.46. The van der Waals surface area contributed by atoms with Crippen LogP contribution in [-0.2, 0) is 27.8 Å². The van der Waals surface area contributed by atoms with Gasteiger partial charge in [-0.2, -0.15) is 0 Å². The van der Waals surface area contributed by atoms with Crippen LogP contribution >= 0.6 is 0 Å². The quantitative estimate of drug-likeness (QED) is 0.380. The number of allylic oxidation sites excluding steroid dienone is 1. The van der Waals surface area contributed by atoms with Crippen LogP contribution in [0.1, 0.15) is 64.9 Å². The van der Waals surface area contributed by atoms with Crippen LogP contribution < -0.4 is 5.32 Å². The number of benzene rings is 3. The fraction of sp³-hybridized carbons (Fsp3) is 0.219. The molecule has 180 valence electrons. The Morgan fingerprint density at radius 2 is 1.25 bits per heavy atom. The summed E-state index contributed by atoms with van der Waals surface area (Å²) in [6.07, 6.45) is 6.10. The molecule has 0 bridgehead atoms. The third-order valence-corrected chi connectivity index (χ3v) is 7.37. The average Bonchev–Trinajstić information content (AvgIpc) is 2.91. The number of piperidine rings is 1. The minimum atomic E-state index is -1.03. The zero-order chi connectivity index (χ0) is 25.3. The smallest absolute Gasteiger partial charge is 0.253 e. The third-order valence-electron chi connectivity index (χ3n) is 7.37. The van der Waals surface area contributed by atoms with Gasteiger partial charge in [-0.15, -0.1) is 0 Å². The number of Topliss-reactive ketones (excluding diaryl/α,β-unsaturated/α-hetero) is 1. The third kappa shape index (κ3) is 4.24. The minimum absolute atomic E-state index is 0.0684. The Labute approximate surface area is 211 Å². The van der Waals surface area contributed by atoms with Crippen LogP contribution in [0, 0.1) is 0 Å². The van der Waals surface area contributed by atoms with Crippen LogP contribution in [0.2, 0.25) is 0 Å². The molecule has 1 fully saturated rings. The summed E-state index contributed by atoms with van der Waals surface area (Å²) >= 11 is 0. The van der Waals surface area contributed by atoms with Crippen LogP contribution in [-0.4, -0.2) is 17.6 Å². The summed E-state index contributed by atoms with van der Waals surface area (Å²) in [5, 5.41) is 2.60. The molecule has 1 unspecified atom stereocenters. The van der Waals surface area contributed by atoms with E-state index in [1.54, 1.807) is 6.07 Å². The molecule has 2 aliphatic rings. The predicted octanol–water partition coefficient (Wildman–Crippen LogP) is 5.85. The fourth-order valence-corrected chi connectivity index (χ4v) is 5.26. The predicted molar refractivity (Wildman–Crippen MR) is 142 cm³/mol. The Bertz CT molecular complexity index is 1410. The van der Waals surface area contributed by atoms with Crippen molar-refractivity contribution < 1.29 is 14.4 Å². The Hall–Kier alpha value is -4.05. The van der Waals surface area contributed by atoms with Crippen molar-refractivity contribution in [1.82, 2.24) is 5.32 Å². The molecule has 0 radical (unpaired) electrons. The first-order valence-corrected chi connectivity index (χ1v) is 12.5. The van der Waals surface area contributed by atoms with Crippen LogP contribution in [0.3, 0.4) is 0 Å². The molecule has 3 aromatic carbocycles. The summed E-state index contributed by atoms with van der Waals surface area (Å²) in [6.45, 7) is 4.20. The standard InChI is InChI=1S/C32H29NO3/c1-3-21-9-13-23(14-10-21)17-25-19-32(28-8-6-5-7-27(28)29(25)34)20-26(30(35)33-31(32)36)18-24-15-11-22(4-2)12-16-24/h5-18H,3-4,19-20H2,1-2H3,(H,33,35,36)/b25-17+,26-18+. The molecule has 5 rings (SSSR count). The lowest BCUT2D eigenvalue weighted by atomic mass is 9.62. The van der Waals surface area contributed by atoms with Crippen molar-refractivity contribution in [1.29, 1.82) is 0 Å². The van der Waals surface area contributed by atoms with E-state index in [0.717, 1.165) is 24.0 Å². The van der Waals surface area contributed by atoms with Crippen LogP contribution in [0.25, 0.3) is 12.2 Å². The maximum atomic E-state index is 13.5. The zero-order valence-electron chi connectivity index (χ0n) is 20.6. The highest BCUT2D eigenvalue weighted by molar-refractivity contribution is 6.19. The van der Waals surface area contributed by atoms with Gasteiger partial charge in [-0.1, -0.05) is 86.6 Å². The maximum absolute atomic E-state index is 13.5. The molecule has 2 amide bonds. The number of rotatable bonds is 4. The van der Waals surface area contributed by atoms with E-state index in [0.29, 0.717) is 22.3 Å². The second-order valence-electron chi connectivity index (χ2n) is 9.62. The molecule has 0 aromatic heterocycles. The van der Waals surface area contributed by atoms with Crippen LogP contribution in [0.4, 0.5) is 0 Å². The number of nitrogens with one attached hydrogen (secondary N) is 1. The van der Waals surface area contributed by atoms with E-state index in [1.807, 2.05) is 66.7 Å². The van der Waals surface area contributed by atoms with Crippen LogP contribution in [0.5, 0.6) is 0 Å². The monoisotopic (exact) mass is 475 g/mol. The first-order valence-electron chi connectivity index (χ1n) is 12.5. The molecule has 1 aliphatic carbocycles. The zero-order valence-corrected chi connectivity index (χ0v) is 20.6. The average molecular weight is 476 g/mol. The molecule has 1 atom stereocenters. The normalized spacial score (nSPS) is 21.7. The van der Waals surface area contributed by atoms with Crippen molar-refractivity contribution in [2.45, 2.75) is 44.9 Å². The van der Waals surface area contributed by atoms with E-state index in [-0.39, 0.29) is 30.4 Å². The molecule has 4 nitrogen and oxygen atoms in total. The molecule has 1 spiro atoms. The summed E-state index contributed by atoms with van der Waals surface area (Å²) in [5.41, 5.74) is 5.57. The summed E-state index contributed by atoms with van der Waals surface area (Å²) in [6, 6.07) is 23.5. The van der Waals surface area contributed by atoms with Gasteiger partial charge in [0.25, 0.3) is 5.91 Å². The van der Waals surface area contributed by atoms with Gasteiger partial charge in [0.15, 0.2) is 5.78 Å². The van der Waals surface area contributed by atoms with Gasteiger partial charge >= 0.3 is 0 Å². The summed E-state index contributed by atoms with van der Waals surface area (Å²) in [7, 11) is 0. The van der Waals surface area contributed by atoms with E-state index in [9.17, 15) is 14.4 Å². The van der Waals surface area contributed by atoms with Gasteiger partial charge in [-0.05, 0) is 65.7 Å². The molecule has 1 N–H and O–H groups in total. The first-order chi connectivity index (χ1) is 17.4. The number of imide groups is 1. The molecule has 3 aromatic rings. The number of amides is 2. The fourth-order valence-electron chi connectivity index (χ4n) is 5.26. The molecule has 1 heterocycles. The van der Waals surface area contributed by atoms with Crippen molar-refractivity contribution in [2.75, 3.05) is 0 Å². The van der Waals surface area contributed by atoms with Crippen molar-refractivity contribution in [3.05, 3.63) is 117 Å². The second kappa shape index (κ2) is 9.54. The summed E-state index contributed by atoms with van der Waals surface area (Å²) in [5.74, 6) is -0.792. The highest BCUT2D eigenvalue weighted by atomic mass is 16.2. The van der Waals surface area contributed by atoms with Gasteiger partial charge < -0.3 is 0 Å². The molecular weight excluding hydrogens is 446 g/mol. The van der Waals surface area contributed by atoms with Gasteiger partial charge in [-0.3, -0.25) is 19.7 Å². The minimum Gasteiger partial charge on any atom is -0.292 e. The number of carbonyl (C=O) groups is 3. The van der Waals surface area contributed by atoms with Crippen molar-refractivity contribution in [3.63, 3.8) is 0 Å². The summed E-state index contributed by atoms with van der Waals surface area (Å²) < 4.78 is 0. The molecule has 1 aliphatic heterocycles. The maximum Gasteiger partial charge on any atom is 0.253 e. The Kier molecular flexibility index (Phi) is 6.27. The molecule has 36 heavy (non-hydrogen) atoms. The number of carbonyl (C=O) groups excluding carboxylic acids is 3. The topological polar surface area (TPSA) is 63.2 Å². The molecule has 1 saturated heterocycles.